The molecule has 4 fully saturated rings. The highest BCUT2D eigenvalue weighted by molar-refractivity contribution is 5.32. The second-order valence-corrected chi connectivity index (χ2v) is 6.35. The van der Waals surface area contributed by atoms with Gasteiger partial charge in [0.25, 0.3) is 0 Å². The van der Waals surface area contributed by atoms with Crippen LogP contribution in [0.4, 0.5) is 0 Å². The van der Waals surface area contributed by atoms with Crippen LogP contribution in [0.5, 0.6) is 0 Å². The molecule has 0 aromatic rings. The molecule has 0 amide bonds. The van der Waals surface area contributed by atoms with E-state index in [0.717, 1.165) is 18.4 Å². The van der Waals surface area contributed by atoms with Gasteiger partial charge in [0.15, 0.2) is 0 Å². The zero-order valence-electron chi connectivity index (χ0n) is 9.06. The molecule has 0 aromatic heterocycles. The monoisotopic (exact) mass is 179 g/mol. The van der Waals surface area contributed by atoms with Crippen LogP contribution in [0.2, 0.25) is 0 Å². The van der Waals surface area contributed by atoms with Gasteiger partial charge < -0.3 is 5.73 Å². The quantitative estimate of drug-likeness (QED) is 0.692. The Balaban J connectivity index is 2.03. The molecule has 0 aliphatic heterocycles. The zero-order valence-corrected chi connectivity index (χ0v) is 9.06. The molecule has 4 rings (SSSR count). The third-order valence-corrected chi connectivity index (χ3v) is 6.43. The fraction of sp³-hybridized carbons (Fsp3) is 1.00. The fourth-order valence-electron chi connectivity index (χ4n) is 5.13. The first kappa shape index (κ1) is 8.28. The summed E-state index contributed by atoms with van der Waals surface area (Å²) < 4.78 is 0. The Bertz CT molecular complexity index is 254. The van der Waals surface area contributed by atoms with Crippen LogP contribution in [0.1, 0.15) is 40.0 Å². The summed E-state index contributed by atoms with van der Waals surface area (Å²) in [7, 11) is 0. The average molecular weight is 179 g/mol. The molecule has 1 nitrogen and oxygen atoms in total. The molecular formula is C12H21N. The van der Waals surface area contributed by atoms with E-state index in [-0.39, 0.29) is 0 Å². The molecule has 1 heteroatoms. The predicted octanol–water partition coefficient (Wildman–Crippen LogP) is 2.41. The molecule has 0 aromatic carbocycles. The maximum Gasteiger partial charge on any atom is -0.00718 e. The van der Waals surface area contributed by atoms with Gasteiger partial charge in [0.1, 0.15) is 0 Å². The predicted molar refractivity (Wildman–Crippen MR) is 54.2 cm³/mol. The lowest BCUT2D eigenvalue weighted by Gasteiger charge is -2.40. The van der Waals surface area contributed by atoms with E-state index in [4.69, 9.17) is 5.73 Å². The molecule has 4 aliphatic carbocycles. The maximum atomic E-state index is 5.76. The maximum absolute atomic E-state index is 5.76. The number of hydrogen-bond acceptors (Lipinski definition) is 1. The van der Waals surface area contributed by atoms with Crippen molar-refractivity contribution in [3.63, 3.8) is 0 Å². The van der Waals surface area contributed by atoms with E-state index in [1.165, 1.54) is 19.3 Å². The molecule has 0 saturated heterocycles. The third kappa shape index (κ3) is 0.562. The molecule has 2 unspecified atom stereocenters. The van der Waals surface area contributed by atoms with E-state index >= 15 is 0 Å². The van der Waals surface area contributed by atoms with Crippen molar-refractivity contribution in [3.8, 4) is 0 Å². The molecule has 13 heavy (non-hydrogen) atoms. The van der Waals surface area contributed by atoms with Crippen LogP contribution in [-0.4, -0.2) is 6.54 Å². The van der Waals surface area contributed by atoms with Gasteiger partial charge in [-0.1, -0.05) is 20.8 Å². The van der Waals surface area contributed by atoms with Crippen molar-refractivity contribution in [1.82, 2.24) is 0 Å². The van der Waals surface area contributed by atoms with Gasteiger partial charge in [-0.15, -0.1) is 0 Å². The van der Waals surface area contributed by atoms with Gasteiger partial charge in [-0.3, -0.25) is 0 Å². The minimum Gasteiger partial charge on any atom is -0.330 e. The highest BCUT2D eigenvalue weighted by atomic mass is 14.9. The lowest BCUT2D eigenvalue weighted by molar-refractivity contribution is 0.0866. The lowest BCUT2D eigenvalue weighted by atomic mass is 9.64. The molecule has 2 atom stereocenters. The first-order chi connectivity index (χ1) is 5.99. The van der Waals surface area contributed by atoms with Gasteiger partial charge in [0.05, 0.1) is 0 Å². The lowest BCUT2D eigenvalue weighted by Crippen LogP contribution is -2.35. The van der Waals surface area contributed by atoms with Crippen LogP contribution in [-0.2, 0) is 0 Å². The highest BCUT2D eigenvalue weighted by Gasteiger charge is 2.84. The SMILES string of the molecule is CC12C3CC(CCN)(CC31)C2(C)C. The number of rotatable bonds is 2. The Labute approximate surface area is 81.1 Å². The minimum atomic E-state index is 0.564. The van der Waals surface area contributed by atoms with Crippen molar-refractivity contribution < 1.29 is 0 Å². The Morgan fingerprint density at radius 1 is 1.15 bits per heavy atom. The van der Waals surface area contributed by atoms with Crippen molar-refractivity contribution in [2.45, 2.75) is 40.0 Å². The van der Waals surface area contributed by atoms with Crippen molar-refractivity contribution in [2.24, 2.45) is 33.8 Å². The van der Waals surface area contributed by atoms with Crippen LogP contribution < -0.4 is 5.73 Å². The van der Waals surface area contributed by atoms with E-state index < -0.39 is 0 Å². The summed E-state index contributed by atoms with van der Waals surface area (Å²) in [5.41, 5.74) is 7.65. The first-order valence-electron chi connectivity index (χ1n) is 5.70. The van der Waals surface area contributed by atoms with Crippen molar-refractivity contribution in [1.29, 1.82) is 0 Å². The van der Waals surface area contributed by atoms with Gasteiger partial charge >= 0.3 is 0 Å². The van der Waals surface area contributed by atoms with Gasteiger partial charge in [-0.2, -0.15) is 0 Å². The van der Waals surface area contributed by atoms with Crippen molar-refractivity contribution in [2.75, 3.05) is 6.54 Å². The summed E-state index contributed by atoms with van der Waals surface area (Å²) in [6.07, 6.45) is 4.24. The van der Waals surface area contributed by atoms with E-state index in [0.29, 0.717) is 16.2 Å². The van der Waals surface area contributed by atoms with Crippen LogP contribution in [0.3, 0.4) is 0 Å². The van der Waals surface area contributed by atoms with Crippen LogP contribution in [0, 0.1) is 28.1 Å². The molecular weight excluding hydrogens is 158 g/mol. The van der Waals surface area contributed by atoms with Gasteiger partial charge in [0, 0.05) is 0 Å². The summed E-state index contributed by atoms with van der Waals surface area (Å²) in [6.45, 7) is 8.40. The smallest absolute Gasteiger partial charge is 0.00718 e. The molecule has 0 spiro atoms. The summed E-state index contributed by atoms with van der Waals surface area (Å²) in [5, 5.41) is 0. The third-order valence-electron chi connectivity index (χ3n) is 6.43. The van der Waals surface area contributed by atoms with Gasteiger partial charge in [-0.25, -0.2) is 0 Å². The molecule has 0 radical (unpaired) electrons. The van der Waals surface area contributed by atoms with E-state index in [9.17, 15) is 0 Å². The second kappa shape index (κ2) is 1.84. The second-order valence-electron chi connectivity index (χ2n) is 6.35. The summed E-state index contributed by atoms with van der Waals surface area (Å²) in [5.74, 6) is 2.13. The molecule has 0 heterocycles. The van der Waals surface area contributed by atoms with E-state index in [2.05, 4.69) is 20.8 Å². The Hall–Kier alpha value is -0.0400. The Morgan fingerprint density at radius 2 is 1.69 bits per heavy atom. The van der Waals surface area contributed by atoms with Gasteiger partial charge in [-0.05, 0) is 53.9 Å². The Morgan fingerprint density at radius 3 is 2.00 bits per heavy atom. The van der Waals surface area contributed by atoms with Crippen LogP contribution in [0.15, 0.2) is 0 Å². The normalized spacial score (nSPS) is 60.0. The topological polar surface area (TPSA) is 26.0 Å². The minimum absolute atomic E-state index is 0.564. The average Bonchev–Trinajstić information content (AvgIpc) is 2.42. The number of nitrogens with two attached hydrogens (primary N) is 1. The zero-order chi connectivity index (χ0) is 9.48. The molecule has 2 N–H and O–H groups in total. The van der Waals surface area contributed by atoms with E-state index in [1.54, 1.807) is 0 Å². The highest BCUT2D eigenvalue weighted by Crippen LogP contribution is 2.90. The summed E-state index contributed by atoms with van der Waals surface area (Å²) in [6, 6.07) is 0. The largest absolute Gasteiger partial charge is 0.330 e. The standard InChI is InChI=1S/C12H21N/c1-10(2)11(3)8-6-12(10,4-5-13)7-9(8)11/h8-9H,4-7,13H2,1-3H3. The fourth-order valence-corrected chi connectivity index (χ4v) is 5.13. The van der Waals surface area contributed by atoms with Crippen LogP contribution >= 0.6 is 0 Å². The molecule has 4 saturated carbocycles. The molecule has 4 aliphatic rings. The first-order valence-corrected chi connectivity index (χ1v) is 5.70. The summed E-state index contributed by atoms with van der Waals surface area (Å²) >= 11 is 0. The number of hydrogen-bond donors (Lipinski definition) is 1. The molecule has 4 bridgehead atoms. The van der Waals surface area contributed by atoms with Crippen molar-refractivity contribution in [3.05, 3.63) is 0 Å². The van der Waals surface area contributed by atoms with Crippen molar-refractivity contribution >= 4 is 0 Å². The van der Waals surface area contributed by atoms with Gasteiger partial charge in [0.2, 0.25) is 0 Å². The summed E-state index contributed by atoms with van der Waals surface area (Å²) in [4.78, 5) is 0. The Kier molecular flexibility index (Phi) is 1.17. The van der Waals surface area contributed by atoms with E-state index in [1.807, 2.05) is 0 Å². The van der Waals surface area contributed by atoms with Crippen LogP contribution in [0.25, 0.3) is 0 Å². The molecule has 74 valence electrons.